The average molecular weight is 383 g/mol. The highest BCUT2D eigenvalue weighted by Crippen LogP contribution is 2.38. The molecule has 0 bridgehead atoms. The molecule has 0 saturated carbocycles. The first kappa shape index (κ1) is 16.8. The fourth-order valence-electron chi connectivity index (χ4n) is 2.89. The predicted molar refractivity (Wildman–Crippen MR) is 105 cm³/mol. The molecule has 26 heavy (non-hydrogen) atoms. The SMILES string of the molecule is CC(c1ccco1)N(C(=O)c1sc2ccccc2c1Cl)c1ccccn1. The summed E-state index contributed by atoms with van der Waals surface area (Å²) in [6, 6.07) is 16.5. The summed E-state index contributed by atoms with van der Waals surface area (Å²) in [7, 11) is 0. The number of carbonyl (C=O) groups excluding carboxylic acids is 1. The lowest BCUT2D eigenvalue weighted by molar-refractivity contribution is 0.0978. The van der Waals surface area contributed by atoms with Gasteiger partial charge in [-0.15, -0.1) is 11.3 Å². The zero-order valence-corrected chi connectivity index (χ0v) is 15.5. The second-order valence-corrected chi connectivity index (χ2v) is 7.23. The van der Waals surface area contributed by atoms with E-state index in [-0.39, 0.29) is 11.9 Å². The van der Waals surface area contributed by atoms with Gasteiger partial charge >= 0.3 is 0 Å². The lowest BCUT2D eigenvalue weighted by atomic mass is 10.2. The molecule has 1 atom stereocenters. The molecule has 1 unspecified atom stereocenters. The first-order valence-electron chi connectivity index (χ1n) is 8.12. The van der Waals surface area contributed by atoms with E-state index in [0.29, 0.717) is 21.5 Å². The minimum absolute atomic E-state index is 0.196. The molecule has 0 radical (unpaired) electrons. The Labute approximate surface area is 159 Å². The third-order valence-electron chi connectivity index (χ3n) is 4.19. The quantitative estimate of drug-likeness (QED) is 0.438. The highest BCUT2D eigenvalue weighted by atomic mass is 35.5. The lowest BCUT2D eigenvalue weighted by Gasteiger charge is -2.26. The first-order chi connectivity index (χ1) is 12.7. The number of hydrogen-bond donors (Lipinski definition) is 0. The maximum absolute atomic E-state index is 13.4. The molecule has 4 nitrogen and oxygen atoms in total. The van der Waals surface area contributed by atoms with Crippen LogP contribution in [0.25, 0.3) is 10.1 Å². The Morgan fingerprint density at radius 3 is 2.65 bits per heavy atom. The van der Waals surface area contributed by atoms with Crippen LogP contribution in [0.2, 0.25) is 5.02 Å². The molecule has 4 rings (SSSR count). The number of furan rings is 1. The smallest absolute Gasteiger partial charge is 0.271 e. The Bertz CT molecular complexity index is 1040. The second kappa shape index (κ2) is 6.94. The van der Waals surface area contributed by atoms with Crippen LogP contribution in [0.4, 0.5) is 5.82 Å². The van der Waals surface area contributed by atoms with E-state index in [1.54, 1.807) is 29.5 Å². The summed E-state index contributed by atoms with van der Waals surface area (Å²) in [5.41, 5.74) is 0. The molecule has 3 heterocycles. The zero-order chi connectivity index (χ0) is 18.1. The van der Waals surface area contributed by atoms with Gasteiger partial charge in [0.15, 0.2) is 0 Å². The van der Waals surface area contributed by atoms with Crippen molar-refractivity contribution in [3.05, 3.63) is 82.7 Å². The topological polar surface area (TPSA) is 46.3 Å². The van der Waals surface area contributed by atoms with Gasteiger partial charge in [-0.2, -0.15) is 0 Å². The molecule has 3 aromatic heterocycles. The van der Waals surface area contributed by atoms with Crippen LogP contribution in [0.3, 0.4) is 0 Å². The molecule has 0 aliphatic carbocycles. The maximum atomic E-state index is 13.4. The van der Waals surface area contributed by atoms with Crippen LogP contribution < -0.4 is 4.90 Å². The fourth-order valence-corrected chi connectivity index (χ4v) is 4.34. The molecule has 0 aliphatic heterocycles. The first-order valence-corrected chi connectivity index (χ1v) is 9.31. The molecule has 1 amide bonds. The van der Waals surface area contributed by atoms with Gasteiger partial charge in [-0.1, -0.05) is 35.9 Å². The summed E-state index contributed by atoms with van der Waals surface area (Å²) in [5, 5.41) is 1.36. The Balaban J connectivity index is 1.82. The zero-order valence-electron chi connectivity index (χ0n) is 13.9. The molecule has 0 saturated heterocycles. The van der Waals surface area contributed by atoms with Crippen molar-refractivity contribution in [2.45, 2.75) is 13.0 Å². The number of hydrogen-bond acceptors (Lipinski definition) is 4. The van der Waals surface area contributed by atoms with Crippen molar-refractivity contribution in [3.8, 4) is 0 Å². The number of rotatable bonds is 4. The summed E-state index contributed by atoms with van der Waals surface area (Å²) >= 11 is 7.92. The summed E-state index contributed by atoms with van der Waals surface area (Å²) < 4.78 is 6.50. The highest BCUT2D eigenvalue weighted by Gasteiger charge is 2.30. The van der Waals surface area contributed by atoms with Crippen LogP contribution in [0, 0.1) is 0 Å². The molecular formula is C20H15ClN2O2S. The molecule has 0 spiro atoms. The van der Waals surface area contributed by atoms with Crippen molar-refractivity contribution in [2.24, 2.45) is 0 Å². The van der Waals surface area contributed by atoms with Crippen molar-refractivity contribution in [2.75, 3.05) is 4.90 Å². The van der Waals surface area contributed by atoms with Crippen LogP contribution >= 0.6 is 22.9 Å². The van der Waals surface area contributed by atoms with Crippen molar-refractivity contribution in [1.82, 2.24) is 4.98 Å². The number of thiophene rings is 1. The van der Waals surface area contributed by atoms with Crippen molar-refractivity contribution < 1.29 is 9.21 Å². The Kier molecular flexibility index (Phi) is 4.49. The number of carbonyl (C=O) groups is 1. The number of benzene rings is 1. The molecule has 0 fully saturated rings. The summed E-state index contributed by atoms with van der Waals surface area (Å²) in [4.78, 5) is 19.9. The van der Waals surface area contributed by atoms with E-state index in [1.165, 1.54) is 11.3 Å². The summed E-state index contributed by atoms with van der Waals surface area (Å²) in [5.74, 6) is 1.04. The van der Waals surface area contributed by atoms with Crippen molar-refractivity contribution in [3.63, 3.8) is 0 Å². The van der Waals surface area contributed by atoms with Gasteiger partial charge in [0.05, 0.1) is 17.3 Å². The largest absolute Gasteiger partial charge is 0.467 e. The van der Waals surface area contributed by atoms with E-state index >= 15 is 0 Å². The predicted octanol–water partition coefficient (Wildman–Crippen LogP) is 5.95. The Hall–Kier alpha value is -2.63. The number of pyridine rings is 1. The number of anilines is 1. The van der Waals surface area contributed by atoms with E-state index < -0.39 is 0 Å². The van der Waals surface area contributed by atoms with Gasteiger partial charge in [0.25, 0.3) is 5.91 Å². The summed E-state index contributed by atoms with van der Waals surface area (Å²) in [6.45, 7) is 1.91. The third kappa shape index (κ3) is 2.89. The molecular weight excluding hydrogens is 368 g/mol. The maximum Gasteiger partial charge on any atom is 0.271 e. The Morgan fingerprint density at radius 1 is 1.15 bits per heavy atom. The minimum Gasteiger partial charge on any atom is -0.467 e. The van der Waals surface area contributed by atoms with Gasteiger partial charge in [0.1, 0.15) is 16.5 Å². The molecule has 0 N–H and O–H groups in total. The number of aromatic nitrogens is 1. The van der Waals surface area contributed by atoms with E-state index in [2.05, 4.69) is 4.98 Å². The molecule has 130 valence electrons. The van der Waals surface area contributed by atoms with Crippen LogP contribution in [-0.2, 0) is 0 Å². The Morgan fingerprint density at radius 2 is 1.96 bits per heavy atom. The monoisotopic (exact) mass is 382 g/mol. The van der Waals surface area contributed by atoms with Crippen molar-refractivity contribution in [1.29, 1.82) is 0 Å². The second-order valence-electron chi connectivity index (χ2n) is 5.80. The summed E-state index contributed by atoms with van der Waals surface area (Å²) in [6.07, 6.45) is 3.26. The fraction of sp³-hybridized carbons (Fsp3) is 0.100. The number of amides is 1. The van der Waals surface area contributed by atoms with E-state index in [0.717, 1.165) is 10.1 Å². The van der Waals surface area contributed by atoms with Gasteiger partial charge in [0, 0.05) is 16.3 Å². The van der Waals surface area contributed by atoms with E-state index in [1.807, 2.05) is 49.4 Å². The van der Waals surface area contributed by atoms with Gasteiger partial charge in [0.2, 0.25) is 0 Å². The molecule has 6 heteroatoms. The molecule has 0 aliphatic rings. The standard InChI is InChI=1S/C20H15ClN2O2S/c1-13(15-8-6-12-25-15)23(17-10-4-5-11-22-17)20(24)19-18(21)14-7-2-3-9-16(14)26-19/h2-13H,1H3. The van der Waals surface area contributed by atoms with E-state index in [9.17, 15) is 4.79 Å². The van der Waals surface area contributed by atoms with Crippen LogP contribution in [0.1, 0.15) is 28.4 Å². The van der Waals surface area contributed by atoms with Gasteiger partial charge in [-0.3, -0.25) is 9.69 Å². The normalized spacial score (nSPS) is 12.2. The molecule has 1 aromatic carbocycles. The van der Waals surface area contributed by atoms with Crippen molar-refractivity contribution >= 4 is 44.7 Å². The van der Waals surface area contributed by atoms with Gasteiger partial charge in [-0.25, -0.2) is 4.98 Å². The average Bonchev–Trinajstić information content (AvgIpc) is 3.32. The van der Waals surface area contributed by atoms with Gasteiger partial charge in [-0.05, 0) is 37.3 Å². The van der Waals surface area contributed by atoms with E-state index in [4.69, 9.17) is 16.0 Å². The highest BCUT2D eigenvalue weighted by molar-refractivity contribution is 7.21. The minimum atomic E-state index is -0.325. The number of nitrogens with zero attached hydrogens (tertiary/aromatic N) is 2. The molecule has 4 aromatic rings. The van der Waals surface area contributed by atoms with Crippen LogP contribution in [-0.4, -0.2) is 10.9 Å². The number of fused-ring (bicyclic) bond motifs is 1. The van der Waals surface area contributed by atoms with Gasteiger partial charge < -0.3 is 4.42 Å². The third-order valence-corrected chi connectivity index (χ3v) is 5.85. The number of halogens is 1. The lowest BCUT2D eigenvalue weighted by Crippen LogP contribution is -2.33. The van der Waals surface area contributed by atoms with Crippen LogP contribution in [0.5, 0.6) is 0 Å². The van der Waals surface area contributed by atoms with Crippen LogP contribution in [0.15, 0.2) is 71.5 Å².